The van der Waals surface area contributed by atoms with Gasteiger partial charge in [0, 0.05) is 31.2 Å². The average Bonchev–Trinajstić information content (AvgIpc) is 2.82. The molecule has 96 valence electrons. The standard InChI is InChI=1S/C12H21N3OS/c1-2-16-9-4-7-14-12(13)15-8-6-11-5-3-10-17-11/h3,5,10H,2,4,6-9H2,1H3,(H3,13,14,15). The Kier molecular flexibility index (Phi) is 7.42. The lowest BCUT2D eigenvalue weighted by molar-refractivity contribution is 0.146. The maximum Gasteiger partial charge on any atom is 0.188 e. The van der Waals surface area contributed by atoms with Crippen molar-refractivity contribution >= 4 is 17.3 Å². The Morgan fingerprint density at radius 3 is 3.18 bits per heavy atom. The smallest absolute Gasteiger partial charge is 0.188 e. The fourth-order valence-electron chi connectivity index (χ4n) is 1.33. The highest BCUT2D eigenvalue weighted by Crippen LogP contribution is 2.07. The predicted octanol–water partition coefficient (Wildman–Crippen LogP) is 1.62. The van der Waals surface area contributed by atoms with Crippen molar-refractivity contribution in [1.82, 2.24) is 5.32 Å². The van der Waals surface area contributed by atoms with Gasteiger partial charge in [-0.2, -0.15) is 0 Å². The number of hydrogen-bond acceptors (Lipinski definition) is 3. The normalized spacial score (nSPS) is 11.7. The number of nitrogens with zero attached hydrogens (tertiary/aromatic N) is 1. The summed E-state index contributed by atoms with van der Waals surface area (Å²) in [5.41, 5.74) is 5.73. The van der Waals surface area contributed by atoms with E-state index in [1.54, 1.807) is 11.3 Å². The first kappa shape index (κ1) is 14.0. The summed E-state index contributed by atoms with van der Waals surface area (Å²) in [6.07, 6.45) is 1.91. The van der Waals surface area contributed by atoms with Gasteiger partial charge < -0.3 is 15.8 Å². The third kappa shape index (κ3) is 6.97. The zero-order valence-corrected chi connectivity index (χ0v) is 11.1. The summed E-state index contributed by atoms with van der Waals surface area (Å²) < 4.78 is 5.22. The lowest BCUT2D eigenvalue weighted by atomic mass is 10.3. The van der Waals surface area contributed by atoms with Crippen molar-refractivity contribution in [2.45, 2.75) is 19.8 Å². The van der Waals surface area contributed by atoms with Gasteiger partial charge in [0.05, 0.1) is 0 Å². The molecule has 0 saturated carbocycles. The molecular formula is C12H21N3OS. The van der Waals surface area contributed by atoms with Gasteiger partial charge in [0.15, 0.2) is 5.96 Å². The van der Waals surface area contributed by atoms with Crippen LogP contribution in [-0.4, -0.2) is 32.3 Å². The summed E-state index contributed by atoms with van der Waals surface area (Å²) in [5.74, 6) is 0.526. The highest BCUT2D eigenvalue weighted by atomic mass is 32.1. The molecular weight excluding hydrogens is 234 g/mol. The molecule has 0 aliphatic carbocycles. The number of guanidine groups is 1. The molecule has 1 heterocycles. The van der Waals surface area contributed by atoms with Crippen LogP contribution in [0.2, 0.25) is 0 Å². The number of thiophene rings is 1. The van der Waals surface area contributed by atoms with E-state index in [0.717, 1.165) is 39.1 Å². The first-order chi connectivity index (χ1) is 8.33. The number of hydrogen-bond donors (Lipinski definition) is 2. The van der Waals surface area contributed by atoms with Crippen LogP contribution in [0.1, 0.15) is 18.2 Å². The number of nitrogens with one attached hydrogen (secondary N) is 1. The highest BCUT2D eigenvalue weighted by Gasteiger charge is 1.94. The molecule has 4 nitrogen and oxygen atoms in total. The molecule has 17 heavy (non-hydrogen) atoms. The van der Waals surface area contributed by atoms with Crippen molar-refractivity contribution < 1.29 is 4.74 Å². The quantitative estimate of drug-likeness (QED) is 0.421. The van der Waals surface area contributed by atoms with Gasteiger partial charge in [-0.25, -0.2) is 0 Å². The maximum atomic E-state index is 5.73. The van der Waals surface area contributed by atoms with Crippen molar-refractivity contribution in [2.75, 3.05) is 26.3 Å². The second-order valence-electron chi connectivity index (χ2n) is 3.57. The molecule has 1 rings (SSSR count). The zero-order valence-electron chi connectivity index (χ0n) is 10.3. The molecule has 0 amide bonds. The Bertz CT molecular complexity index is 312. The molecule has 0 saturated heterocycles. The van der Waals surface area contributed by atoms with Gasteiger partial charge in [0.25, 0.3) is 0 Å². The summed E-state index contributed by atoms with van der Waals surface area (Å²) >= 11 is 1.76. The van der Waals surface area contributed by atoms with Crippen LogP contribution in [0.5, 0.6) is 0 Å². The summed E-state index contributed by atoms with van der Waals surface area (Å²) in [7, 11) is 0. The molecule has 0 fully saturated rings. The first-order valence-corrected chi connectivity index (χ1v) is 6.84. The minimum Gasteiger partial charge on any atom is -0.382 e. The zero-order chi connectivity index (χ0) is 12.3. The van der Waals surface area contributed by atoms with Crippen molar-refractivity contribution in [3.63, 3.8) is 0 Å². The molecule has 1 aromatic rings. The van der Waals surface area contributed by atoms with Crippen LogP contribution in [0.3, 0.4) is 0 Å². The van der Waals surface area contributed by atoms with Crippen molar-refractivity contribution in [3.05, 3.63) is 22.4 Å². The minimum atomic E-state index is 0.526. The number of rotatable bonds is 8. The predicted molar refractivity (Wildman–Crippen MR) is 73.6 cm³/mol. The van der Waals surface area contributed by atoms with E-state index in [0.29, 0.717) is 5.96 Å². The third-order valence-electron chi connectivity index (χ3n) is 2.19. The van der Waals surface area contributed by atoms with Crippen LogP contribution < -0.4 is 11.1 Å². The molecule has 0 aliphatic heterocycles. The summed E-state index contributed by atoms with van der Waals surface area (Å²) in [4.78, 5) is 5.58. The SMILES string of the molecule is CCOCCCN=C(N)NCCc1cccs1. The van der Waals surface area contributed by atoms with E-state index in [1.807, 2.05) is 6.92 Å². The van der Waals surface area contributed by atoms with E-state index >= 15 is 0 Å². The first-order valence-electron chi connectivity index (χ1n) is 5.97. The third-order valence-corrected chi connectivity index (χ3v) is 3.13. The van der Waals surface area contributed by atoms with E-state index in [1.165, 1.54) is 4.88 Å². The van der Waals surface area contributed by atoms with E-state index in [4.69, 9.17) is 10.5 Å². The second kappa shape index (κ2) is 9.01. The van der Waals surface area contributed by atoms with Crippen LogP contribution in [0.25, 0.3) is 0 Å². The number of aliphatic imine (C=N–C) groups is 1. The van der Waals surface area contributed by atoms with Crippen LogP contribution in [0, 0.1) is 0 Å². The van der Waals surface area contributed by atoms with Crippen LogP contribution in [0.4, 0.5) is 0 Å². The number of ether oxygens (including phenoxy) is 1. The second-order valence-corrected chi connectivity index (χ2v) is 4.61. The van der Waals surface area contributed by atoms with Gasteiger partial charge in [0.2, 0.25) is 0 Å². The van der Waals surface area contributed by atoms with E-state index in [2.05, 4.69) is 27.8 Å². The van der Waals surface area contributed by atoms with Gasteiger partial charge in [-0.05, 0) is 31.2 Å². The lowest BCUT2D eigenvalue weighted by Gasteiger charge is -2.04. The van der Waals surface area contributed by atoms with E-state index < -0.39 is 0 Å². The molecule has 0 radical (unpaired) electrons. The summed E-state index contributed by atoms with van der Waals surface area (Å²) in [6, 6.07) is 4.19. The molecule has 5 heteroatoms. The Morgan fingerprint density at radius 2 is 2.47 bits per heavy atom. The van der Waals surface area contributed by atoms with Gasteiger partial charge >= 0.3 is 0 Å². The van der Waals surface area contributed by atoms with Crippen molar-refractivity contribution in [1.29, 1.82) is 0 Å². The molecule has 0 unspecified atom stereocenters. The topological polar surface area (TPSA) is 59.6 Å². The van der Waals surface area contributed by atoms with E-state index in [-0.39, 0.29) is 0 Å². The Labute approximate surface area is 107 Å². The maximum absolute atomic E-state index is 5.73. The monoisotopic (exact) mass is 255 g/mol. The molecule has 1 aromatic heterocycles. The summed E-state index contributed by atoms with van der Waals surface area (Å²) in [6.45, 7) is 5.06. The lowest BCUT2D eigenvalue weighted by Crippen LogP contribution is -2.33. The average molecular weight is 255 g/mol. The Hall–Kier alpha value is -1.07. The van der Waals surface area contributed by atoms with Crippen LogP contribution in [-0.2, 0) is 11.2 Å². The van der Waals surface area contributed by atoms with E-state index in [9.17, 15) is 0 Å². The number of nitrogens with two attached hydrogens (primary N) is 1. The summed E-state index contributed by atoms with van der Waals surface area (Å²) in [5, 5.41) is 5.19. The largest absolute Gasteiger partial charge is 0.382 e. The fourth-order valence-corrected chi connectivity index (χ4v) is 2.04. The van der Waals surface area contributed by atoms with Crippen LogP contribution in [0.15, 0.2) is 22.5 Å². The molecule has 0 aliphatic rings. The fraction of sp³-hybridized carbons (Fsp3) is 0.583. The Balaban J connectivity index is 2.03. The Morgan fingerprint density at radius 1 is 1.59 bits per heavy atom. The van der Waals surface area contributed by atoms with Gasteiger partial charge in [-0.1, -0.05) is 6.07 Å². The molecule has 0 atom stereocenters. The molecule has 0 bridgehead atoms. The van der Waals surface area contributed by atoms with Crippen molar-refractivity contribution in [2.24, 2.45) is 10.7 Å². The molecule has 0 aromatic carbocycles. The van der Waals surface area contributed by atoms with Gasteiger partial charge in [-0.15, -0.1) is 11.3 Å². The highest BCUT2D eigenvalue weighted by molar-refractivity contribution is 7.09. The van der Waals surface area contributed by atoms with Gasteiger partial charge in [0.1, 0.15) is 0 Å². The molecule has 3 N–H and O–H groups in total. The van der Waals surface area contributed by atoms with Crippen LogP contribution >= 0.6 is 11.3 Å². The molecule has 0 spiro atoms. The van der Waals surface area contributed by atoms with Crippen molar-refractivity contribution in [3.8, 4) is 0 Å². The van der Waals surface area contributed by atoms with Gasteiger partial charge in [-0.3, -0.25) is 4.99 Å². The minimum absolute atomic E-state index is 0.526.